The van der Waals surface area contributed by atoms with Gasteiger partial charge in [-0.05, 0) is 63.6 Å². The number of nitrogens with zero attached hydrogens (tertiary/aromatic N) is 2. The molecule has 45 heavy (non-hydrogen) atoms. The number of carbonyl (C=O) groups is 3. The van der Waals surface area contributed by atoms with Gasteiger partial charge in [0.1, 0.15) is 6.10 Å². The van der Waals surface area contributed by atoms with Crippen LogP contribution in [0.15, 0.2) is 30.3 Å². The van der Waals surface area contributed by atoms with Crippen LogP contribution in [0.1, 0.15) is 90.5 Å². The number of aryl methyl sites for hydroxylation is 1. The Balaban J connectivity index is 2.08. The number of aliphatic hydroxyl groups is 2. The number of hydrogen-bond acceptors (Lipinski definition) is 6. The van der Waals surface area contributed by atoms with Crippen molar-refractivity contribution in [2.24, 2.45) is 23.7 Å². The van der Waals surface area contributed by atoms with Crippen LogP contribution in [-0.2, 0) is 20.8 Å². The lowest BCUT2D eigenvalue weighted by atomic mass is 9.82. The Morgan fingerprint density at radius 2 is 1.60 bits per heavy atom. The third kappa shape index (κ3) is 14.6. The second-order valence-electron chi connectivity index (χ2n) is 13.9. The molecule has 1 aliphatic carbocycles. The topological polar surface area (TPSA) is 122 Å². The fraction of sp³-hybridized carbons (Fsp3) is 0.750. The number of likely N-dealkylation sites (N-methyl/N-ethyl adjacent to an activating group) is 2. The lowest BCUT2D eigenvalue weighted by Crippen LogP contribution is -2.52. The van der Waals surface area contributed by atoms with Gasteiger partial charge in [-0.3, -0.25) is 14.4 Å². The molecule has 256 valence electrons. The van der Waals surface area contributed by atoms with Crippen LogP contribution in [0.2, 0.25) is 0 Å². The summed E-state index contributed by atoms with van der Waals surface area (Å²) in [7, 11) is 5.69. The molecule has 0 bridgehead atoms. The van der Waals surface area contributed by atoms with Gasteiger partial charge in [0.25, 0.3) is 0 Å². The summed E-state index contributed by atoms with van der Waals surface area (Å²) in [6.07, 6.45) is 6.59. The number of rotatable bonds is 20. The van der Waals surface area contributed by atoms with Crippen LogP contribution >= 0.6 is 0 Å². The summed E-state index contributed by atoms with van der Waals surface area (Å²) in [6, 6.07) is 9.39. The molecule has 1 saturated carbocycles. The zero-order chi connectivity index (χ0) is 33.4. The summed E-state index contributed by atoms with van der Waals surface area (Å²) in [5, 5.41) is 27.9. The van der Waals surface area contributed by atoms with Gasteiger partial charge in [-0.25, -0.2) is 0 Å². The van der Waals surface area contributed by atoms with Crippen molar-refractivity contribution in [3.05, 3.63) is 35.9 Å². The number of hydrogen-bond donors (Lipinski definition) is 4. The van der Waals surface area contributed by atoms with Crippen molar-refractivity contribution in [3.63, 3.8) is 0 Å². The molecule has 0 heterocycles. The summed E-state index contributed by atoms with van der Waals surface area (Å²) >= 11 is 0. The largest absolute Gasteiger partial charge is 0.390 e. The van der Waals surface area contributed by atoms with E-state index in [-0.39, 0.29) is 36.6 Å². The van der Waals surface area contributed by atoms with Gasteiger partial charge >= 0.3 is 0 Å². The van der Waals surface area contributed by atoms with Gasteiger partial charge in [0.2, 0.25) is 17.7 Å². The van der Waals surface area contributed by atoms with E-state index in [1.807, 2.05) is 70.1 Å². The highest BCUT2D eigenvalue weighted by Gasteiger charge is 2.33. The zero-order valence-corrected chi connectivity index (χ0v) is 28.8. The summed E-state index contributed by atoms with van der Waals surface area (Å²) in [5.41, 5.74) is 1.11. The second-order valence-corrected chi connectivity index (χ2v) is 13.9. The fourth-order valence-corrected chi connectivity index (χ4v) is 6.20. The van der Waals surface area contributed by atoms with Crippen LogP contribution in [0.3, 0.4) is 0 Å². The van der Waals surface area contributed by atoms with Crippen molar-refractivity contribution in [1.82, 2.24) is 20.4 Å². The van der Waals surface area contributed by atoms with Crippen LogP contribution in [0.25, 0.3) is 0 Å². The van der Waals surface area contributed by atoms with Crippen molar-refractivity contribution < 1.29 is 24.6 Å². The molecule has 4 N–H and O–H groups in total. The summed E-state index contributed by atoms with van der Waals surface area (Å²) in [4.78, 5) is 43.8. The third-order valence-electron chi connectivity index (χ3n) is 9.27. The normalized spacial score (nSPS) is 17.4. The van der Waals surface area contributed by atoms with E-state index in [9.17, 15) is 24.6 Å². The number of benzene rings is 1. The van der Waals surface area contributed by atoms with Crippen molar-refractivity contribution in [1.29, 1.82) is 0 Å². The Kier molecular flexibility index (Phi) is 17.7. The average molecular weight is 631 g/mol. The second kappa shape index (κ2) is 20.6. The Labute approximate surface area is 272 Å². The molecule has 0 aromatic heterocycles. The van der Waals surface area contributed by atoms with Gasteiger partial charge in [0, 0.05) is 39.0 Å². The van der Waals surface area contributed by atoms with E-state index in [1.165, 1.54) is 6.42 Å². The monoisotopic (exact) mass is 630 g/mol. The smallest absolute Gasteiger partial charge is 0.225 e. The predicted octanol–water partition coefficient (Wildman–Crippen LogP) is 4.01. The van der Waals surface area contributed by atoms with Crippen molar-refractivity contribution in [2.75, 3.05) is 40.8 Å². The highest BCUT2D eigenvalue weighted by molar-refractivity contribution is 5.86. The first-order valence-corrected chi connectivity index (χ1v) is 17.3. The molecule has 3 amide bonds. The quantitative estimate of drug-likeness (QED) is 0.173. The molecule has 9 heteroatoms. The molecule has 1 aliphatic rings. The number of carbonyl (C=O) groups excluding carboxylic acids is 3. The van der Waals surface area contributed by atoms with Crippen molar-refractivity contribution in [2.45, 2.75) is 110 Å². The van der Waals surface area contributed by atoms with Crippen LogP contribution in [0.5, 0.6) is 0 Å². The number of amides is 3. The maximum atomic E-state index is 13.5. The van der Waals surface area contributed by atoms with E-state index in [0.29, 0.717) is 44.6 Å². The van der Waals surface area contributed by atoms with E-state index in [4.69, 9.17) is 0 Å². The molecule has 1 aromatic carbocycles. The Morgan fingerprint density at radius 3 is 2.20 bits per heavy atom. The molecule has 9 nitrogen and oxygen atoms in total. The maximum Gasteiger partial charge on any atom is 0.225 e. The van der Waals surface area contributed by atoms with E-state index < -0.39 is 30.1 Å². The lowest BCUT2D eigenvalue weighted by molar-refractivity contribution is -0.136. The molecule has 2 rings (SSSR count). The summed E-state index contributed by atoms with van der Waals surface area (Å²) in [5.74, 6) is -0.920. The molecule has 0 spiro atoms. The molecule has 0 radical (unpaired) electrons. The number of aliphatic hydroxyl groups excluding tert-OH is 2. The minimum Gasteiger partial charge on any atom is -0.390 e. The Hall–Kier alpha value is -2.49. The first kappa shape index (κ1) is 38.7. The van der Waals surface area contributed by atoms with Crippen LogP contribution in [0.4, 0.5) is 0 Å². The minimum atomic E-state index is -1.05. The van der Waals surface area contributed by atoms with E-state index >= 15 is 0 Å². The third-order valence-corrected chi connectivity index (χ3v) is 9.27. The molecule has 1 aromatic rings. The summed E-state index contributed by atoms with van der Waals surface area (Å²) < 4.78 is 0. The molecule has 0 aliphatic heterocycles. The number of nitrogens with one attached hydrogen (secondary N) is 2. The van der Waals surface area contributed by atoms with Gasteiger partial charge in [-0.2, -0.15) is 0 Å². The van der Waals surface area contributed by atoms with Gasteiger partial charge < -0.3 is 30.6 Å². The van der Waals surface area contributed by atoms with E-state index in [2.05, 4.69) is 10.6 Å². The Morgan fingerprint density at radius 1 is 0.933 bits per heavy atom. The molecule has 0 saturated heterocycles. The first-order chi connectivity index (χ1) is 21.4. The van der Waals surface area contributed by atoms with Crippen molar-refractivity contribution >= 4 is 17.7 Å². The van der Waals surface area contributed by atoms with Gasteiger partial charge in [0.15, 0.2) is 0 Å². The molecule has 5 atom stereocenters. The lowest BCUT2D eigenvalue weighted by Gasteiger charge is -2.33. The van der Waals surface area contributed by atoms with E-state index in [0.717, 1.165) is 37.8 Å². The Bertz CT molecular complexity index is 998. The molecule has 0 unspecified atom stereocenters. The molecular weight excluding hydrogens is 568 g/mol. The molecule has 1 fully saturated rings. The first-order valence-electron chi connectivity index (χ1n) is 17.3. The fourth-order valence-electron chi connectivity index (χ4n) is 6.20. The minimum absolute atomic E-state index is 0.0747. The standard InChI is InChI=1S/C36H62N4O5/c1-7-29(36(45)38-31(23-28-16-12-9-13-17-28)34(43)32(41)22-26(2)3)25-37-35(44)30(19-18-27-14-10-8-11-15-27)24-33(42)40(6)21-20-39(4)5/h8,10-11,14-15,26,28-32,34,41,43H,7,9,12-13,16-25H2,1-6H3,(H,37,44)(H,38,45)/t29-,30-,31+,32+,34-/m1/s1. The SMILES string of the molecule is CC[C@H](CNC(=O)[C@H](CCc1ccccc1)CC(=O)N(C)CCN(C)C)C(=O)N[C@@H](CC1CCCCC1)[C@@H](O)[C@@H](O)CC(C)C. The highest BCUT2D eigenvalue weighted by Crippen LogP contribution is 2.29. The molecular formula is C36H62N4O5. The van der Waals surface area contributed by atoms with Crippen LogP contribution in [-0.4, -0.2) is 96.8 Å². The maximum absolute atomic E-state index is 13.5. The van der Waals surface area contributed by atoms with Gasteiger partial charge in [0.05, 0.1) is 18.1 Å². The van der Waals surface area contributed by atoms with E-state index in [1.54, 1.807) is 11.9 Å². The predicted molar refractivity (Wildman–Crippen MR) is 180 cm³/mol. The van der Waals surface area contributed by atoms with Crippen LogP contribution in [0, 0.1) is 23.7 Å². The zero-order valence-electron chi connectivity index (χ0n) is 28.8. The van der Waals surface area contributed by atoms with Gasteiger partial charge in [-0.1, -0.05) is 83.2 Å². The van der Waals surface area contributed by atoms with Crippen LogP contribution < -0.4 is 10.6 Å². The summed E-state index contributed by atoms with van der Waals surface area (Å²) in [6.45, 7) is 7.38. The highest BCUT2D eigenvalue weighted by atomic mass is 16.3. The van der Waals surface area contributed by atoms with Crippen molar-refractivity contribution in [3.8, 4) is 0 Å². The average Bonchev–Trinajstić information content (AvgIpc) is 3.01. The van der Waals surface area contributed by atoms with Gasteiger partial charge in [-0.15, -0.1) is 0 Å².